The van der Waals surface area contributed by atoms with Gasteiger partial charge in [-0.2, -0.15) is 5.26 Å². The number of anilines is 1. The van der Waals surface area contributed by atoms with Crippen LogP contribution in [0.5, 0.6) is 0 Å². The van der Waals surface area contributed by atoms with Crippen molar-refractivity contribution in [3.8, 4) is 6.07 Å². The molecule has 17 heavy (non-hydrogen) atoms. The van der Waals surface area contributed by atoms with Crippen molar-refractivity contribution < 1.29 is 9.18 Å². The highest BCUT2D eigenvalue weighted by molar-refractivity contribution is 8.00. The summed E-state index contributed by atoms with van der Waals surface area (Å²) in [6.07, 6.45) is 1.87. The van der Waals surface area contributed by atoms with E-state index in [2.05, 4.69) is 5.32 Å². The zero-order chi connectivity index (χ0) is 12.3. The van der Waals surface area contributed by atoms with Gasteiger partial charge < -0.3 is 5.32 Å². The van der Waals surface area contributed by atoms with E-state index < -0.39 is 5.82 Å². The number of carbonyl (C=O) groups is 1. The van der Waals surface area contributed by atoms with Gasteiger partial charge in [-0.15, -0.1) is 11.8 Å². The summed E-state index contributed by atoms with van der Waals surface area (Å²) >= 11 is 1.60. The molecule has 1 fully saturated rings. The van der Waals surface area contributed by atoms with Crippen molar-refractivity contribution in [3.05, 3.63) is 29.6 Å². The summed E-state index contributed by atoms with van der Waals surface area (Å²) in [5.74, 6) is 0.255. The predicted octanol–water partition coefficient (Wildman–Crippen LogP) is 2.53. The zero-order valence-electron chi connectivity index (χ0n) is 9.07. The first kappa shape index (κ1) is 11.9. The van der Waals surface area contributed by atoms with Crippen molar-refractivity contribution in [2.24, 2.45) is 0 Å². The number of nitrogens with one attached hydrogen (secondary N) is 1. The third-order valence-electron chi connectivity index (χ3n) is 2.58. The van der Waals surface area contributed by atoms with E-state index in [1.54, 1.807) is 11.8 Å². The Balaban J connectivity index is 2.08. The third-order valence-corrected chi connectivity index (χ3v) is 3.95. The summed E-state index contributed by atoms with van der Waals surface area (Å²) in [6, 6.07) is 5.88. The fourth-order valence-electron chi connectivity index (χ4n) is 1.68. The van der Waals surface area contributed by atoms with Gasteiger partial charge in [-0.3, -0.25) is 4.79 Å². The molecule has 0 spiro atoms. The maximum Gasteiger partial charge on any atom is 0.237 e. The number of nitriles is 1. The number of hydrogen-bond donors (Lipinski definition) is 1. The normalized spacial score (nSPS) is 18.7. The summed E-state index contributed by atoms with van der Waals surface area (Å²) in [6.45, 7) is 0. The van der Waals surface area contributed by atoms with E-state index in [0.717, 1.165) is 24.7 Å². The summed E-state index contributed by atoms with van der Waals surface area (Å²) in [4.78, 5) is 11.8. The third kappa shape index (κ3) is 2.77. The summed E-state index contributed by atoms with van der Waals surface area (Å²) < 4.78 is 13.5. The van der Waals surface area contributed by atoms with E-state index in [1.165, 1.54) is 12.1 Å². The first-order valence-electron chi connectivity index (χ1n) is 5.33. The van der Waals surface area contributed by atoms with Crippen LogP contribution in [0.1, 0.15) is 18.4 Å². The number of nitrogens with zero attached hydrogens (tertiary/aromatic N) is 1. The van der Waals surface area contributed by atoms with Crippen LogP contribution in [0.4, 0.5) is 10.1 Å². The van der Waals surface area contributed by atoms with Gasteiger partial charge in [0.05, 0.1) is 22.6 Å². The van der Waals surface area contributed by atoms with Crippen LogP contribution < -0.4 is 5.32 Å². The van der Waals surface area contributed by atoms with E-state index in [4.69, 9.17) is 5.26 Å². The largest absolute Gasteiger partial charge is 0.323 e. The quantitative estimate of drug-likeness (QED) is 0.877. The van der Waals surface area contributed by atoms with Gasteiger partial charge in [0, 0.05) is 0 Å². The molecule has 1 aliphatic heterocycles. The van der Waals surface area contributed by atoms with Crippen LogP contribution >= 0.6 is 11.8 Å². The topological polar surface area (TPSA) is 52.9 Å². The second-order valence-corrected chi connectivity index (χ2v) is 5.11. The summed E-state index contributed by atoms with van der Waals surface area (Å²) in [7, 11) is 0. The molecule has 0 saturated carbocycles. The lowest BCUT2D eigenvalue weighted by Crippen LogP contribution is -2.23. The molecule has 88 valence electrons. The maximum atomic E-state index is 13.5. The Kier molecular flexibility index (Phi) is 3.64. The van der Waals surface area contributed by atoms with Gasteiger partial charge >= 0.3 is 0 Å². The molecule has 1 saturated heterocycles. The second-order valence-electron chi connectivity index (χ2n) is 3.80. The lowest BCUT2D eigenvalue weighted by atomic mass is 10.2. The molecule has 3 nitrogen and oxygen atoms in total. The number of carbonyl (C=O) groups excluding carboxylic acids is 1. The van der Waals surface area contributed by atoms with Crippen molar-refractivity contribution in [1.29, 1.82) is 5.26 Å². The molecule has 1 aromatic carbocycles. The van der Waals surface area contributed by atoms with Crippen molar-refractivity contribution in [2.75, 3.05) is 11.1 Å². The fourth-order valence-corrected chi connectivity index (χ4v) is 2.85. The Morgan fingerprint density at radius 2 is 2.41 bits per heavy atom. The van der Waals surface area contributed by atoms with E-state index >= 15 is 0 Å². The summed E-state index contributed by atoms with van der Waals surface area (Å²) in [5.41, 5.74) is 0.386. The molecule has 1 amide bonds. The minimum atomic E-state index is -0.569. The number of benzene rings is 1. The number of amides is 1. The molecule has 1 N–H and O–H groups in total. The molecule has 2 rings (SSSR count). The standard InChI is InChI=1S/C12H11FN2OS/c13-9-6-8(7-14)3-4-10(9)15-12(16)11-2-1-5-17-11/h3-4,6,11H,1-2,5H2,(H,15,16). The number of thioether (sulfide) groups is 1. The Bertz CT molecular complexity index is 478. The zero-order valence-corrected chi connectivity index (χ0v) is 9.89. The van der Waals surface area contributed by atoms with E-state index in [9.17, 15) is 9.18 Å². The Labute approximate surface area is 103 Å². The van der Waals surface area contributed by atoms with Crippen molar-refractivity contribution in [1.82, 2.24) is 0 Å². The first-order valence-corrected chi connectivity index (χ1v) is 6.37. The SMILES string of the molecule is N#Cc1ccc(NC(=O)C2CCCS2)c(F)c1. The fraction of sp³-hybridized carbons (Fsp3) is 0.333. The Morgan fingerprint density at radius 1 is 1.59 bits per heavy atom. The van der Waals surface area contributed by atoms with E-state index in [-0.39, 0.29) is 22.4 Å². The van der Waals surface area contributed by atoms with Crippen LogP contribution in [0.2, 0.25) is 0 Å². The molecule has 1 unspecified atom stereocenters. The number of rotatable bonds is 2. The average Bonchev–Trinajstić information content (AvgIpc) is 2.85. The number of halogens is 1. The van der Waals surface area contributed by atoms with Crippen molar-refractivity contribution in [3.63, 3.8) is 0 Å². The molecule has 0 bridgehead atoms. The molecular formula is C12H11FN2OS. The Morgan fingerprint density at radius 3 is 3.00 bits per heavy atom. The van der Waals surface area contributed by atoms with Crippen LogP contribution in [0.15, 0.2) is 18.2 Å². The molecule has 5 heteroatoms. The van der Waals surface area contributed by atoms with Gasteiger partial charge in [0.2, 0.25) is 5.91 Å². The van der Waals surface area contributed by atoms with Crippen LogP contribution in [0.25, 0.3) is 0 Å². The Hall–Kier alpha value is -1.54. The minimum Gasteiger partial charge on any atom is -0.323 e. The maximum absolute atomic E-state index is 13.5. The molecule has 0 radical (unpaired) electrons. The van der Waals surface area contributed by atoms with Gasteiger partial charge in [0.1, 0.15) is 5.82 Å². The summed E-state index contributed by atoms with van der Waals surface area (Å²) in [5, 5.41) is 11.1. The van der Waals surface area contributed by atoms with Crippen molar-refractivity contribution in [2.45, 2.75) is 18.1 Å². The molecule has 1 aromatic rings. The lowest BCUT2D eigenvalue weighted by Gasteiger charge is -2.10. The molecule has 1 heterocycles. The molecule has 1 atom stereocenters. The highest BCUT2D eigenvalue weighted by atomic mass is 32.2. The highest BCUT2D eigenvalue weighted by Gasteiger charge is 2.23. The van der Waals surface area contributed by atoms with E-state index in [0.29, 0.717) is 0 Å². The minimum absolute atomic E-state index is 0.0787. The molecule has 0 aliphatic carbocycles. The van der Waals surface area contributed by atoms with Crippen LogP contribution in [-0.4, -0.2) is 16.9 Å². The van der Waals surface area contributed by atoms with Crippen molar-refractivity contribution >= 4 is 23.4 Å². The molecular weight excluding hydrogens is 239 g/mol. The van der Waals surface area contributed by atoms with Gasteiger partial charge in [0.15, 0.2) is 0 Å². The van der Waals surface area contributed by atoms with Crippen LogP contribution in [0, 0.1) is 17.1 Å². The van der Waals surface area contributed by atoms with Crippen LogP contribution in [-0.2, 0) is 4.79 Å². The van der Waals surface area contributed by atoms with Gasteiger partial charge in [-0.05, 0) is 36.8 Å². The predicted molar refractivity (Wildman–Crippen MR) is 65.2 cm³/mol. The monoisotopic (exact) mass is 250 g/mol. The smallest absolute Gasteiger partial charge is 0.237 e. The lowest BCUT2D eigenvalue weighted by molar-refractivity contribution is -0.115. The first-order chi connectivity index (χ1) is 8.20. The number of hydrogen-bond acceptors (Lipinski definition) is 3. The van der Waals surface area contributed by atoms with Gasteiger partial charge in [-0.25, -0.2) is 4.39 Å². The second kappa shape index (κ2) is 5.19. The van der Waals surface area contributed by atoms with E-state index in [1.807, 2.05) is 6.07 Å². The van der Waals surface area contributed by atoms with Gasteiger partial charge in [-0.1, -0.05) is 0 Å². The molecule has 0 aromatic heterocycles. The highest BCUT2D eigenvalue weighted by Crippen LogP contribution is 2.27. The van der Waals surface area contributed by atoms with Gasteiger partial charge in [0.25, 0.3) is 0 Å². The average molecular weight is 250 g/mol. The van der Waals surface area contributed by atoms with Crippen LogP contribution in [0.3, 0.4) is 0 Å². The molecule has 1 aliphatic rings.